The fraction of sp³-hybridized carbons (Fsp3) is 0.583. The van der Waals surface area contributed by atoms with Crippen molar-refractivity contribution < 1.29 is 9.53 Å². The van der Waals surface area contributed by atoms with Gasteiger partial charge in [-0.2, -0.15) is 0 Å². The van der Waals surface area contributed by atoms with Crippen molar-refractivity contribution in [3.63, 3.8) is 0 Å². The minimum absolute atomic E-state index is 0.285. The van der Waals surface area contributed by atoms with E-state index in [1.807, 2.05) is 6.08 Å². The first-order valence-corrected chi connectivity index (χ1v) is 5.22. The van der Waals surface area contributed by atoms with E-state index in [2.05, 4.69) is 19.6 Å². The minimum atomic E-state index is -0.285. The third kappa shape index (κ3) is 6.46. The first kappa shape index (κ1) is 12.9. The Morgan fingerprint density at radius 1 is 1.36 bits per heavy atom. The van der Waals surface area contributed by atoms with Gasteiger partial charge < -0.3 is 4.74 Å². The lowest BCUT2D eigenvalue weighted by Gasteiger charge is -2.01. The number of allylic oxidation sites excluding steroid dienone is 2. The lowest BCUT2D eigenvalue weighted by atomic mass is 10.2. The zero-order valence-corrected chi connectivity index (χ0v) is 9.21. The third-order valence-electron chi connectivity index (χ3n) is 1.82. The predicted octanol–water partition coefficient (Wildman–Crippen LogP) is 3.24. The van der Waals surface area contributed by atoms with Gasteiger partial charge in [-0.15, -0.1) is 0 Å². The molecule has 0 fully saturated rings. The first-order valence-electron chi connectivity index (χ1n) is 5.22. The van der Waals surface area contributed by atoms with Crippen molar-refractivity contribution in [1.82, 2.24) is 0 Å². The van der Waals surface area contributed by atoms with Crippen molar-refractivity contribution >= 4 is 5.97 Å². The molecule has 0 aliphatic carbocycles. The molecule has 0 bridgehead atoms. The van der Waals surface area contributed by atoms with Crippen LogP contribution in [0.2, 0.25) is 0 Å². The van der Waals surface area contributed by atoms with Gasteiger partial charge in [-0.1, -0.05) is 38.5 Å². The molecule has 0 N–H and O–H groups in total. The van der Waals surface area contributed by atoms with Crippen LogP contribution in [-0.4, -0.2) is 12.6 Å². The second kappa shape index (κ2) is 8.54. The van der Waals surface area contributed by atoms with E-state index in [9.17, 15) is 4.79 Å². The normalized spacial score (nSPS) is 10.4. The van der Waals surface area contributed by atoms with Crippen molar-refractivity contribution in [2.24, 2.45) is 0 Å². The molecule has 0 aromatic carbocycles. The molecule has 0 unspecified atom stereocenters. The third-order valence-corrected chi connectivity index (χ3v) is 1.82. The molecule has 0 amide bonds. The van der Waals surface area contributed by atoms with Crippen LogP contribution in [0, 0.1) is 0 Å². The van der Waals surface area contributed by atoms with Gasteiger partial charge in [0, 0.05) is 5.57 Å². The second-order valence-electron chi connectivity index (χ2n) is 3.14. The van der Waals surface area contributed by atoms with Crippen LogP contribution in [0.4, 0.5) is 0 Å². The van der Waals surface area contributed by atoms with Crippen molar-refractivity contribution in [1.29, 1.82) is 0 Å². The average Bonchev–Trinajstić information content (AvgIpc) is 2.17. The SMILES string of the molecule is C=C(C/C=C/CCCC)C(=O)OCC. The van der Waals surface area contributed by atoms with E-state index >= 15 is 0 Å². The molecule has 14 heavy (non-hydrogen) atoms. The number of unbranched alkanes of at least 4 members (excludes halogenated alkanes) is 2. The molecule has 2 heteroatoms. The second-order valence-corrected chi connectivity index (χ2v) is 3.14. The largest absolute Gasteiger partial charge is 0.463 e. The van der Waals surface area contributed by atoms with Crippen molar-refractivity contribution in [3.05, 3.63) is 24.3 Å². The van der Waals surface area contributed by atoms with Gasteiger partial charge >= 0.3 is 5.97 Å². The fourth-order valence-electron chi connectivity index (χ4n) is 0.982. The highest BCUT2D eigenvalue weighted by molar-refractivity contribution is 5.87. The van der Waals surface area contributed by atoms with Crippen molar-refractivity contribution in [2.75, 3.05) is 6.61 Å². The number of rotatable bonds is 7. The summed E-state index contributed by atoms with van der Waals surface area (Å²) < 4.78 is 4.81. The van der Waals surface area contributed by atoms with Gasteiger partial charge in [0.2, 0.25) is 0 Å². The van der Waals surface area contributed by atoms with E-state index in [4.69, 9.17) is 4.74 Å². The molecule has 2 nitrogen and oxygen atoms in total. The highest BCUT2D eigenvalue weighted by atomic mass is 16.5. The van der Waals surface area contributed by atoms with Crippen LogP contribution in [0.3, 0.4) is 0 Å². The van der Waals surface area contributed by atoms with Crippen LogP contribution in [-0.2, 0) is 9.53 Å². The molecular weight excluding hydrogens is 176 g/mol. The van der Waals surface area contributed by atoms with Crippen molar-refractivity contribution in [3.8, 4) is 0 Å². The Balaban J connectivity index is 3.62. The summed E-state index contributed by atoms with van der Waals surface area (Å²) in [6.45, 7) is 8.03. The van der Waals surface area contributed by atoms with Crippen LogP contribution in [0.1, 0.15) is 39.5 Å². The van der Waals surface area contributed by atoms with Crippen molar-refractivity contribution in [2.45, 2.75) is 39.5 Å². The van der Waals surface area contributed by atoms with Crippen LogP contribution in [0.15, 0.2) is 24.3 Å². The molecule has 0 saturated heterocycles. The molecule has 0 aliphatic rings. The van der Waals surface area contributed by atoms with Crippen LogP contribution >= 0.6 is 0 Å². The zero-order valence-electron chi connectivity index (χ0n) is 9.21. The van der Waals surface area contributed by atoms with Crippen LogP contribution in [0.5, 0.6) is 0 Å². The van der Waals surface area contributed by atoms with Crippen LogP contribution < -0.4 is 0 Å². The Kier molecular flexibility index (Phi) is 7.90. The average molecular weight is 196 g/mol. The summed E-state index contributed by atoms with van der Waals surface area (Å²) in [7, 11) is 0. The summed E-state index contributed by atoms with van der Waals surface area (Å²) in [6, 6.07) is 0. The topological polar surface area (TPSA) is 26.3 Å². The highest BCUT2D eigenvalue weighted by Crippen LogP contribution is 2.04. The summed E-state index contributed by atoms with van der Waals surface area (Å²) >= 11 is 0. The Hall–Kier alpha value is -1.05. The Bertz CT molecular complexity index is 204. The van der Waals surface area contributed by atoms with Gasteiger partial charge in [0.1, 0.15) is 0 Å². The molecule has 0 saturated carbocycles. The monoisotopic (exact) mass is 196 g/mol. The molecule has 0 rings (SSSR count). The maximum absolute atomic E-state index is 11.1. The van der Waals surface area contributed by atoms with Gasteiger partial charge in [0.05, 0.1) is 6.61 Å². The number of hydrogen-bond donors (Lipinski definition) is 0. The van der Waals surface area contributed by atoms with E-state index in [-0.39, 0.29) is 5.97 Å². The summed E-state index contributed by atoms with van der Waals surface area (Å²) in [5.41, 5.74) is 0.527. The summed E-state index contributed by atoms with van der Waals surface area (Å²) in [5, 5.41) is 0. The van der Waals surface area contributed by atoms with E-state index in [0.717, 1.165) is 6.42 Å². The summed E-state index contributed by atoms with van der Waals surface area (Å²) in [6.07, 6.45) is 8.14. The van der Waals surface area contributed by atoms with E-state index < -0.39 is 0 Å². The van der Waals surface area contributed by atoms with Gasteiger partial charge in [0.15, 0.2) is 0 Å². The summed E-state index contributed by atoms with van der Waals surface area (Å²) in [5.74, 6) is -0.285. The Morgan fingerprint density at radius 2 is 2.07 bits per heavy atom. The lowest BCUT2D eigenvalue weighted by Crippen LogP contribution is -2.05. The summed E-state index contributed by atoms with van der Waals surface area (Å²) in [4.78, 5) is 11.1. The molecule has 0 heterocycles. The molecule has 0 radical (unpaired) electrons. The molecule has 0 aromatic rings. The maximum Gasteiger partial charge on any atom is 0.333 e. The molecule has 0 atom stereocenters. The van der Waals surface area contributed by atoms with E-state index in [1.165, 1.54) is 12.8 Å². The van der Waals surface area contributed by atoms with Gasteiger partial charge in [-0.05, 0) is 19.8 Å². The smallest absolute Gasteiger partial charge is 0.333 e. The first-order chi connectivity index (χ1) is 6.72. The fourth-order valence-corrected chi connectivity index (χ4v) is 0.982. The number of ether oxygens (including phenoxy) is 1. The van der Waals surface area contributed by atoms with Gasteiger partial charge in [0.25, 0.3) is 0 Å². The predicted molar refractivity (Wildman–Crippen MR) is 59.1 cm³/mol. The lowest BCUT2D eigenvalue weighted by molar-refractivity contribution is -0.138. The molecule has 80 valence electrons. The molecular formula is C12H20O2. The standard InChI is InChI=1S/C12H20O2/c1-4-6-7-8-9-10-11(3)12(13)14-5-2/h8-9H,3-7,10H2,1-2H3/b9-8+. The Labute approximate surface area is 86.6 Å². The molecule has 0 aliphatic heterocycles. The minimum Gasteiger partial charge on any atom is -0.463 e. The molecule has 0 spiro atoms. The van der Waals surface area contributed by atoms with E-state index in [0.29, 0.717) is 18.6 Å². The highest BCUT2D eigenvalue weighted by Gasteiger charge is 2.04. The number of esters is 1. The van der Waals surface area contributed by atoms with Gasteiger partial charge in [-0.3, -0.25) is 0 Å². The number of carbonyl (C=O) groups excluding carboxylic acids is 1. The number of hydrogen-bond acceptors (Lipinski definition) is 2. The maximum atomic E-state index is 11.1. The quantitative estimate of drug-likeness (QED) is 0.270. The zero-order chi connectivity index (χ0) is 10.8. The van der Waals surface area contributed by atoms with Gasteiger partial charge in [-0.25, -0.2) is 4.79 Å². The number of carbonyl (C=O) groups is 1. The van der Waals surface area contributed by atoms with Crippen LogP contribution in [0.25, 0.3) is 0 Å². The Morgan fingerprint density at radius 3 is 2.64 bits per heavy atom. The van der Waals surface area contributed by atoms with E-state index in [1.54, 1.807) is 6.92 Å². The molecule has 0 aromatic heterocycles.